The van der Waals surface area contributed by atoms with Gasteiger partial charge in [-0.2, -0.15) is 0 Å². The van der Waals surface area contributed by atoms with Gasteiger partial charge in [0.05, 0.1) is 6.61 Å². The molecule has 1 heterocycles. The Balaban J connectivity index is 2.03. The van der Waals surface area contributed by atoms with E-state index < -0.39 is 0 Å². The van der Waals surface area contributed by atoms with Crippen molar-refractivity contribution >= 4 is 0 Å². The van der Waals surface area contributed by atoms with E-state index in [-0.39, 0.29) is 0 Å². The second kappa shape index (κ2) is 7.09. The molecule has 1 aromatic rings. The van der Waals surface area contributed by atoms with Crippen molar-refractivity contribution in [3.05, 3.63) is 28.8 Å². The number of likely N-dealkylation sites (N-methyl/N-ethyl adjacent to an activating group) is 1. The van der Waals surface area contributed by atoms with Crippen molar-refractivity contribution in [3.8, 4) is 5.75 Å². The van der Waals surface area contributed by atoms with Crippen molar-refractivity contribution < 1.29 is 9.47 Å². The minimum absolute atomic E-state index is 0.377. The van der Waals surface area contributed by atoms with Gasteiger partial charge in [0, 0.05) is 18.6 Å². The van der Waals surface area contributed by atoms with Gasteiger partial charge in [-0.25, -0.2) is 0 Å². The molecule has 20 heavy (non-hydrogen) atoms. The van der Waals surface area contributed by atoms with E-state index in [0.29, 0.717) is 18.6 Å². The first-order chi connectivity index (χ1) is 9.63. The molecule has 1 aliphatic rings. The summed E-state index contributed by atoms with van der Waals surface area (Å²) in [6, 6.07) is 4.67. The highest BCUT2D eigenvalue weighted by atomic mass is 16.5. The van der Waals surface area contributed by atoms with E-state index in [9.17, 15) is 0 Å². The molecule has 1 N–H and O–H groups in total. The minimum atomic E-state index is 0.377. The molecule has 0 saturated carbocycles. The van der Waals surface area contributed by atoms with Crippen LogP contribution < -0.4 is 10.1 Å². The average Bonchev–Trinajstić information content (AvgIpc) is 2.96. The zero-order valence-corrected chi connectivity index (χ0v) is 13.2. The van der Waals surface area contributed by atoms with E-state index in [2.05, 4.69) is 45.1 Å². The minimum Gasteiger partial charge on any atom is -0.491 e. The van der Waals surface area contributed by atoms with Crippen molar-refractivity contribution in [2.24, 2.45) is 5.92 Å². The highest BCUT2D eigenvalue weighted by molar-refractivity contribution is 5.44. The molecule has 1 aliphatic heterocycles. The topological polar surface area (TPSA) is 30.5 Å². The van der Waals surface area contributed by atoms with Gasteiger partial charge in [-0.1, -0.05) is 19.1 Å². The number of ether oxygens (including phenoxy) is 2. The Morgan fingerprint density at radius 2 is 2.05 bits per heavy atom. The molecule has 0 spiro atoms. The zero-order chi connectivity index (χ0) is 14.5. The van der Waals surface area contributed by atoms with Crippen molar-refractivity contribution in [2.75, 3.05) is 26.4 Å². The highest BCUT2D eigenvalue weighted by Gasteiger charge is 2.26. The Kier molecular flexibility index (Phi) is 5.44. The Labute approximate surface area is 122 Å². The average molecular weight is 277 g/mol. The van der Waals surface area contributed by atoms with Crippen LogP contribution >= 0.6 is 0 Å². The molecule has 112 valence electrons. The molecule has 3 nitrogen and oxygen atoms in total. The lowest BCUT2D eigenvalue weighted by Crippen LogP contribution is -2.41. The summed E-state index contributed by atoms with van der Waals surface area (Å²) in [6.45, 7) is 12.0. The number of rotatable bonds is 6. The van der Waals surface area contributed by atoms with Crippen LogP contribution in [0, 0.1) is 26.7 Å². The molecular weight excluding hydrogens is 250 g/mol. The standard InChI is InChI=1S/C17H27NO2/c1-5-18-16(15-8-9-19-10-15)11-20-17-13(3)7-6-12(2)14(17)4/h6-7,15-16,18H,5,8-11H2,1-4H3. The van der Waals surface area contributed by atoms with Gasteiger partial charge in [-0.15, -0.1) is 0 Å². The Hall–Kier alpha value is -1.06. The Bertz CT molecular complexity index is 439. The van der Waals surface area contributed by atoms with Gasteiger partial charge in [0.1, 0.15) is 12.4 Å². The van der Waals surface area contributed by atoms with Crippen molar-refractivity contribution in [1.82, 2.24) is 5.32 Å². The molecule has 1 aromatic carbocycles. The first-order valence-corrected chi connectivity index (χ1v) is 7.64. The van der Waals surface area contributed by atoms with Gasteiger partial charge in [0.15, 0.2) is 0 Å². The molecule has 0 aliphatic carbocycles. The number of hydrogen-bond donors (Lipinski definition) is 1. The summed E-state index contributed by atoms with van der Waals surface area (Å²) >= 11 is 0. The third kappa shape index (κ3) is 3.53. The zero-order valence-electron chi connectivity index (χ0n) is 13.2. The van der Waals surface area contributed by atoms with E-state index in [1.54, 1.807) is 0 Å². The molecule has 2 atom stereocenters. The number of benzene rings is 1. The quantitative estimate of drug-likeness (QED) is 0.867. The first kappa shape index (κ1) is 15.3. The van der Waals surface area contributed by atoms with Crippen LogP contribution in [0.1, 0.15) is 30.0 Å². The molecule has 0 amide bonds. The second-order valence-corrected chi connectivity index (χ2v) is 5.75. The van der Waals surface area contributed by atoms with Crippen LogP contribution in [0.25, 0.3) is 0 Å². The summed E-state index contributed by atoms with van der Waals surface area (Å²) in [5.41, 5.74) is 3.75. The van der Waals surface area contributed by atoms with Crippen LogP contribution in [0.5, 0.6) is 5.75 Å². The van der Waals surface area contributed by atoms with E-state index in [1.165, 1.54) is 16.7 Å². The maximum absolute atomic E-state index is 6.16. The summed E-state index contributed by atoms with van der Waals surface area (Å²) < 4.78 is 11.7. The van der Waals surface area contributed by atoms with Crippen LogP contribution in [0.2, 0.25) is 0 Å². The van der Waals surface area contributed by atoms with Gasteiger partial charge < -0.3 is 14.8 Å². The van der Waals surface area contributed by atoms with E-state index in [0.717, 1.165) is 31.9 Å². The van der Waals surface area contributed by atoms with Crippen LogP contribution in [-0.2, 0) is 4.74 Å². The van der Waals surface area contributed by atoms with Gasteiger partial charge in [0.2, 0.25) is 0 Å². The molecule has 1 fully saturated rings. The van der Waals surface area contributed by atoms with Crippen molar-refractivity contribution in [3.63, 3.8) is 0 Å². The molecule has 2 rings (SSSR count). The van der Waals surface area contributed by atoms with E-state index >= 15 is 0 Å². The lowest BCUT2D eigenvalue weighted by atomic mass is 9.99. The number of nitrogens with one attached hydrogen (secondary N) is 1. The van der Waals surface area contributed by atoms with Gasteiger partial charge >= 0.3 is 0 Å². The summed E-state index contributed by atoms with van der Waals surface area (Å²) in [5.74, 6) is 1.62. The highest BCUT2D eigenvalue weighted by Crippen LogP contribution is 2.26. The molecule has 2 unspecified atom stereocenters. The number of hydrogen-bond acceptors (Lipinski definition) is 3. The molecular formula is C17H27NO2. The third-order valence-electron chi connectivity index (χ3n) is 4.28. The monoisotopic (exact) mass is 277 g/mol. The van der Waals surface area contributed by atoms with Crippen molar-refractivity contribution in [2.45, 2.75) is 40.2 Å². The fourth-order valence-corrected chi connectivity index (χ4v) is 2.81. The fraction of sp³-hybridized carbons (Fsp3) is 0.647. The van der Waals surface area contributed by atoms with Gasteiger partial charge in [0.25, 0.3) is 0 Å². The summed E-state index contributed by atoms with van der Waals surface area (Å²) in [6.07, 6.45) is 1.13. The molecule has 3 heteroatoms. The Morgan fingerprint density at radius 3 is 2.70 bits per heavy atom. The SMILES string of the molecule is CCNC(COc1c(C)ccc(C)c1C)C1CCOC1. The van der Waals surface area contributed by atoms with Gasteiger partial charge in [-0.3, -0.25) is 0 Å². The molecule has 1 saturated heterocycles. The Morgan fingerprint density at radius 1 is 1.30 bits per heavy atom. The maximum atomic E-state index is 6.16. The largest absolute Gasteiger partial charge is 0.491 e. The van der Waals surface area contributed by atoms with Crippen LogP contribution in [-0.4, -0.2) is 32.4 Å². The second-order valence-electron chi connectivity index (χ2n) is 5.75. The van der Waals surface area contributed by atoms with E-state index in [1.807, 2.05) is 0 Å². The predicted octanol–water partition coefficient (Wildman–Crippen LogP) is 3.01. The maximum Gasteiger partial charge on any atom is 0.125 e. The van der Waals surface area contributed by atoms with Crippen LogP contribution in [0.15, 0.2) is 12.1 Å². The summed E-state index contributed by atoms with van der Waals surface area (Å²) in [7, 11) is 0. The lowest BCUT2D eigenvalue weighted by molar-refractivity contribution is 0.160. The third-order valence-corrected chi connectivity index (χ3v) is 4.28. The smallest absolute Gasteiger partial charge is 0.125 e. The lowest BCUT2D eigenvalue weighted by Gasteiger charge is -2.24. The summed E-state index contributed by atoms with van der Waals surface area (Å²) in [4.78, 5) is 0. The molecule has 0 aromatic heterocycles. The van der Waals surface area contributed by atoms with Crippen molar-refractivity contribution in [1.29, 1.82) is 0 Å². The molecule has 0 bridgehead atoms. The fourth-order valence-electron chi connectivity index (χ4n) is 2.81. The van der Waals surface area contributed by atoms with Crippen LogP contribution in [0.3, 0.4) is 0 Å². The summed E-state index contributed by atoms with van der Waals surface area (Å²) in [5, 5.41) is 3.54. The molecule has 0 radical (unpaired) electrons. The first-order valence-electron chi connectivity index (χ1n) is 7.64. The van der Waals surface area contributed by atoms with Crippen LogP contribution in [0.4, 0.5) is 0 Å². The number of aryl methyl sites for hydroxylation is 2. The van der Waals surface area contributed by atoms with Gasteiger partial charge in [-0.05, 0) is 50.4 Å². The normalized spacial score (nSPS) is 20.1. The predicted molar refractivity (Wildman–Crippen MR) is 82.5 cm³/mol. The van der Waals surface area contributed by atoms with E-state index in [4.69, 9.17) is 9.47 Å².